The molecule has 0 aromatic heterocycles. The van der Waals surface area contributed by atoms with E-state index >= 15 is 0 Å². The number of hydrogen-bond donors (Lipinski definition) is 1. The summed E-state index contributed by atoms with van der Waals surface area (Å²) in [5, 5.41) is 4.09. The van der Waals surface area contributed by atoms with Crippen molar-refractivity contribution < 1.29 is 9.53 Å². The van der Waals surface area contributed by atoms with Crippen molar-refractivity contribution in [3.05, 3.63) is 64.1 Å². The first kappa shape index (κ1) is 21.9. The van der Waals surface area contributed by atoms with Crippen LogP contribution in [-0.2, 0) is 11.2 Å². The molecule has 2 aromatic carbocycles. The van der Waals surface area contributed by atoms with Gasteiger partial charge in [-0.25, -0.2) is 0 Å². The van der Waals surface area contributed by atoms with E-state index in [9.17, 15) is 4.79 Å². The molecule has 0 atom stereocenters. The molecule has 0 bridgehead atoms. The molecule has 0 spiro atoms. The summed E-state index contributed by atoms with van der Waals surface area (Å²) in [7, 11) is 0. The summed E-state index contributed by atoms with van der Waals surface area (Å²) in [6.45, 7) is 3.51. The van der Waals surface area contributed by atoms with E-state index in [2.05, 4.69) is 22.3 Å². The second kappa shape index (κ2) is 11.4. The number of piperidine rings is 1. The standard InChI is InChI=1S/C23H28Cl2N2O2/c24-21-10-9-20(17-22(21)25)29-19-11-14-27(15-12-19)16-13-26-23(28)8-4-7-18-5-2-1-3-6-18/h1-3,5-6,9-10,17,19H,4,7-8,11-16H2,(H,26,28). The van der Waals surface area contributed by atoms with Gasteiger partial charge in [-0.05, 0) is 43.4 Å². The van der Waals surface area contributed by atoms with Crippen molar-refractivity contribution in [2.75, 3.05) is 26.2 Å². The Hall–Kier alpha value is -1.75. The van der Waals surface area contributed by atoms with Crippen molar-refractivity contribution in [3.63, 3.8) is 0 Å². The minimum Gasteiger partial charge on any atom is -0.490 e. The van der Waals surface area contributed by atoms with Crippen LogP contribution in [0.5, 0.6) is 5.75 Å². The Labute approximate surface area is 183 Å². The fourth-order valence-corrected chi connectivity index (χ4v) is 3.82. The van der Waals surface area contributed by atoms with Crippen molar-refractivity contribution in [2.45, 2.75) is 38.2 Å². The van der Waals surface area contributed by atoms with Crippen LogP contribution in [-0.4, -0.2) is 43.1 Å². The van der Waals surface area contributed by atoms with Crippen LogP contribution in [0.2, 0.25) is 10.0 Å². The topological polar surface area (TPSA) is 41.6 Å². The van der Waals surface area contributed by atoms with Crippen LogP contribution >= 0.6 is 23.2 Å². The number of nitrogens with zero attached hydrogens (tertiary/aromatic N) is 1. The average Bonchev–Trinajstić information content (AvgIpc) is 2.73. The quantitative estimate of drug-likeness (QED) is 0.605. The number of ether oxygens (including phenoxy) is 1. The smallest absolute Gasteiger partial charge is 0.220 e. The molecule has 3 rings (SSSR count). The molecule has 0 unspecified atom stereocenters. The van der Waals surface area contributed by atoms with E-state index < -0.39 is 0 Å². The van der Waals surface area contributed by atoms with E-state index in [0.29, 0.717) is 23.0 Å². The fraction of sp³-hybridized carbons (Fsp3) is 0.435. The number of nitrogens with one attached hydrogen (secondary N) is 1. The molecule has 6 heteroatoms. The zero-order valence-electron chi connectivity index (χ0n) is 16.6. The molecule has 0 radical (unpaired) electrons. The van der Waals surface area contributed by atoms with Crippen LogP contribution in [0.3, 0.4) is 0 Å². The molecule has 1 heterocycles. The van der Waals surface area contributed by atoms with Gasteiger partial charge in [-0.15, -0.1) is 0 Å². The van der Waals surface area contributed by atoms with E-state index in [0.717, 1.165) is 51.1 Å². The third-order valence-electron chi connectivity index (χ3n) is 5.19. The lowest BCUT2D eigenvalue weighted by Gasteiger charge is -2.32. The number of halogens is 2. The second-order valence-corrected chi connectivity index (χ2v) is 8.24. The number of benzene rings is 2. The highest BCUT2D eigenvalue weighted by Crippen LogP contribution is 2.28. The summed E-state index contributed by atoms with van der Waals surface area (Å²) in [6, 6.07) is 15.7. The lowest BCUT2D eigenvalue weighted by Crippen LogP contribution is -2.42. The monoisotopic (exact) mass is 434 g/mol. The van der Waals surface area contributed by atoms with Gasteiger partial charge in [0.1, 0.15) is 11.9 Å². The van der Waals surface area contributed by atoms with Crippen LogP contribution in [0.15, 0.2) is 48.5 Å². The number of aryl methyl sites for hydroxylation is 1. The summed E-state index contributed by atoms with van der Waals surface area (Å²) < 4.78 is 6.02. The maximum atomic E-state index is 12.0. The number of rotatable bonds is 9. The minimum atomic E-state index is 0.138. The molecule has 1 N–H and O–H groups in total. The van der Waals surface area contributed by atoms with Crippen LogP contribution in [0, 0.1) is 0 Å². The minimum absolute atomic E-state index is 0.138. The lowest BCUT2D eigenvalue weighted by molar-refractivity contribution is -0.121. The van der Waals surface area contributed by atoms with Gasteiger partial charge >= 0.3 is 0 Å². The Balaban J connectivity index is 1.27. The number of carbonyl (C=O) groups excluding carboxylic acids is 1. The van der Waals surface area contributed by atoms with Crippen molar-refractivity contribution in [1.82, 2.24) is 10.2 Å². The summed E-state index contributed by atoms with van der Waals surface area (Å²) in [5.41, 5.74) is 1.28. The fourth-order valence-electron chi connectivity index (χ4n) is 3.53. The molecule has 0 aliphatic carbocycles. The zero-order chi connectivity index (χ0) is 20.5. The Bertz CT molecular complexity index is 778. The summed E-state index contributed by atoms with van der Waals surface area (Å²) in [6.07, 6.45) is 4.52. The maximum absolute atomic E-state index is 12.0. The first-order chi connectivity index (χ1) is 14.1. The predicted molar refractivity (Wildman–Crippen MR) is 119 cm³/mol. The van der Waals surface area contributed by atoms with E-state index in [4.69, 9.17) is 27.9 Å². The van der Waals surface area contributed by atoms with Crippen LogP contribution in [0.1, 0.15) is 31.2 Å². The normalized spacial score (nSPS) is 15.2. The van der Waals surface area contributed by atoms with Gasteiger partial charge < -0.3 is 15.0 Å². The number of amides is 1. The highest BCUT2D eigenvalue weighted by molar-refractivity contribution is 6.42. The molecular weight excluding hydrogens is 407 g/mol. The second-order valence-electron chi connectivity index (χ2n) is 7.42. The number of hydrogen-bond acceptors (Lipinski definition) is 3. The van der Waals surface area contributed by atoms with Crippen LogP contribution in [0.25, 0.3) is 0 Å². The number of carbonyl (C=O) groups is 1. The maximum Gasteiger partial charge on any atom is 0.220 e. The Morgan fingerprint density at radius 1 is 1.07 bits per heavy atom. The summed E-state index contributed by atoms with van der Waals surface area (Å²) in [4.78, 5) is 14.4. The Morgan fingerprint density at radius 3 is 2.55 bits per heavy atom. The molecule has 1 aliphatic rings. The number of likely N-dealkylation sites (tertiary alicyclic amines) is 1. The van der Waals surface area contributed by atoms with Gasteiger partial charge in [-0.3, -0.25) is 4.79 Å². The van der Waals surface area contributed by atoms with Crippen molar-refractivity contribution >= 4 is 29.1 Å². The molecule has 1 aliphatic heterocycles. The van der Waals surface area contributed by atoms with Gasteiger partial charge in [0.05, 0.1) is 10.0 Å². The van der Waals surface area contributed by atoms with Gasteiger partial charge in [0.25, 0.3) is 0 Å². The van der Waals surface area contributed by atoms with Crippen molar-refractivity contribution in [2.24, 2.45) is 0 Å². The highest BCUT2D eigenvalue weighted by atomic mass is 35.5. The SMILES string of the molecule is O=C(CCCc1ccccc1)NCCN1CCC(Oc2ccc(Cl)c(Cl)c2)CC1. The Kier molecular flexibility index (Phi) is 8.66. The molecule has 156 valence electrons. The molecular formula is C23H28Cl2N2O2. The first-order valence-corrected chi connectivity index (χ1v) is 11.0. The summed E-state index contributed by atoms with van der Waals surface area (Å²) >= 11 is 12.0. The van der Waals surface area contributed by atoms with Crippen molar-refractivity contribution in [3.8, 4) is 5.75 Å². The third-order valence-corrected chi connectivity index (χ3v) is 5.93. The van der Waals surface area contributed by atoms with E-state index in [1.165, 1.54) is 5.56 Å². The van der Waals surface area contributed by atoms with Crippen LogP contribution < -0.4 is 10.1 Å². The molecule has 29 heavy (non-hydrogen) atoms. The first-order valence-electron chi connectivity index (χ1n) is 10.2. The Morgan fingerprint density at radius 2 is 1.83 bits per heavy atom. The van der Waals surface area contributed by atoms with Crippen LogP contribution in [0.4, 0.5) is 0 Å². The van der Waals surface area contributed by atoms with Gasteiger partial charge in [-0.2, -0.15) is 0 Å². The van der Waals surface area contributed by atoms with Gasteiger partial charge in [0.2, 0.25) is 5.91 Å². The highest BCUT2D eigenvalue weighted by Gasteiger charge is 2.20. The zero-order valence-corrected chi connectivity index (χ0v) is 18.1. The molecule has 4 nitrogen and oxygen atoms in total. The lowest BCUT2D eigenvalue weighted by atomic mass is 10.1. The molecule has 0 saturated carbocycles. The molecule has 1 amide bonds. The molecule has 1 fully saturated rings. The van der Waals surface area contributed by atoms with E-state index in [1.54, 1.807) is 12.1 Å². The van der Waals surface area contributed by atoms with E-state index in [1.807, 2.05) is 24.3 Å². The predicted octanol–water partition coefficient (Wildman–Crippen LogP) is 4.98. The third kappa shape index (κ3) is 7.54. The van der Waals surface area contributed by atoms with Crippen molar-refractivity contribution in [1.29, 1.82) is 0 Å². The van der Waals surface area contributed by atoms with Gasteiger partial charge in [0, 0.05) is 38.7 Å². The summed E-state index contributed by atoms with van der Waals surface area (Å²) in [5.74, 6) is 0.902. The van der Waals surface area contributed by atoms with Gasteiger partial charge in [0.15, 0.2) is 0 Å². The molecule has 2 aromatic rings. The average molecular weight is 435 g/mol. The van der Waals surface area contributed by atoms with Gasteiger partial charge in [-0.1, -0.05) is 53.5 Å². The largest absolute Gasteiger partial charge is 0.490 e. The molecule has 1 saturated heterocycles. The van der Waals surface area contributed by atoms with E-state index in [-0.39, 0.29) is 12.0 Å².